The molecule has 4 aromatic carbocycles. The number of amides is 1. The van der Waals surface area contributed by atoms with Crippen molar-refractivity contribution < 1.29 is 13.2 Å². The van der Waals surface area contributed by atoms with E-state index in [2.05, 4.69) is 0 Å². The Morgan fingerprint density at radius 1 is 0.795 bits per heavy atom. The molecular weight excluding hydrogens is 526 g/mol. The summed E-state index contributed by atoms with van der Waals surface area (Å²) in [6.07, 6.45) is 0. The van der Waals surface area contributed by atoms with Crippen LogP contribution in [0, 0.1) is 6.92 Å². The number of benzene rings is 4. The molecule has 0 unspecified atom stereocenters. The number of aryl methyl sites for hydroxylation is 1. The van der Waals surface area contributed by atoms with Crippen LogP contribution in [0.1, 0.15) is 34.0 Å². The number of para-hydroxylation sites is 1. The zero-order chi connectivity index (χ0) is 27.4. The van der Waals surface area contributed by atoms with Gasteiger partial charge in [0.15, 0.2) is 5.13 Å². The minimum Gasteiger partial charge on any atom is -0.279 e. The highest BCUT2D eigenvalue weighted by atomic mass is 32.2. The van der Waals surface area contributed by atoms with Crippen molar-refractivity contribution in [1.29, 1.82) is 0 Å². The van der Waals surface area contributed by atoms with Crippen molar-refractivity contribution in [3.05, 3.63) is 125 Å². The topological polar surface area (TPSA) is 70.6 Å². The van der Waals surface area contributed by atoms with Crippen molar-refractivity contribution in [2.45, 2.75) is 31.8 Å². The van der Waals surface area contributed by atoms with E-state index >= 15 is 0 Å². The molecule has 0 saturated carbocycles. The monoisotopic (exact) mass is 555 g/mol. The fourth-order valence-electron chi connectivity index (χ4n) is 4.41. The number of thiazole rings is 1. The van der Waals surface area contributed by atoms with Gasteiger partial charge in [-0.1, -0.05) is 91.1 Å². The van der Waals surface area contributed by atoms with E-state index in [1.807, 2.05) is 92.7 Å². The van der Waals surface area contributed by atoms with Crippen molar-refractivity contribution in [3.8, 4) is 0 Å². The van der Waals surface area contributed by atoms with Crippen LogP contribution in [0.2, 0.25) is 0 Å². The van der Waals surface area contributed by atoms with Gasteiger partial charge in [0.1, 0.15) is 0 Å². The maximum Gasteiger partial charge on any atom is 0.260 e. The van der Waals surface area contributed by atoms with Crippen LogP contribution in [0.3, 0.4) is 0 Å². The Hall–Kier alpha value is -3.85. The summed E-state index contributed by atoms with van der Waals surface area (Å²) in [6.45, 7) is 4.78. The highest BCUT2D eigenvalue weighted by molar-refractivity contribution is 7.89. The lowest BCUT2D eigenvalue weighted by molar-refractivity contribution is 0.0985. The summed E-state index contributed by atoms with van der Waals surface area (Å²) in [5, 5.41) is 0.602. The second-order valence-electron chi connectivity index (χ2n) is 9.24. The van der Waals surface area contributed by atoms with Crippen molar-refractivity contribution in [1.82, 2.24) is 9.29 Å². The zero-order valence-electron chi connectivity index (χ0n) is 21.8. The molecule has 0 spiro atoms. The van der Waals surface area contributed by atoms with Gasteiger partial charge in [0.2, 0.25) is 10.0 Å². The van der Waals surface area contributed by atoms with E-state index in [0.717, 1.165) is 26.9 Å². The first-order valence-corrected chi connectivity index (χ1v) is 15.0. The molecule has 0 aliphatic rings. The van der Waals surface area contributed by atoms with Crippen molar-refractivity contribution in [2.75, 3.05) is 11.4 Å². The van der Waals surface area contributed by atoms with Gasteiger partial charge in [-0.25, -0.2) is 13.4 Å². The molecule has 39 heavy (non-hydrogen) atoms. The molecule has 1 amide bonds. The molecule has 6 nitrogen and oxygen atoms in total. The molecule has 0 saturated heterocycles. The van der Waals surface area contributed by atoms with E-state index in [-0.39, 0.29) is 17.3 Å². The lowest BCUT2D eigenvalue weighted by Gasteiger charge is -2.22. The van der Waals surface area contributed by atoms with E-state index in [9.17, 15) is 13.2 Å². The van der Waals surface area contributed by atoms with Crippen LogP contribution < -0.4 is 4.90 Å². The van der Waals surface area contributed by atoms with Crippen LogP contribution >= 0.6 is 11.3 Å². The van der Waals surface area contributed by atoms with Crippen molar-refractivity contribution >= 4 is 42.6 Å². The largest absolute Gasteiger partial charge is 0.279 e. The third-order valence-electron chi connectivity index (χ3n) is 6.56. The fraction of sp³-hybridized carbons (Fsp3) is 0.161. The Labute approximate surface area is 233 Å². The number of rotatable bonds is 9. The standard InChI is InChI=1S/C31H29N3O3S2/c1-3-33(21-24-12-6-4-7-13-24)39(36,37)27-19-17-26(18-20-27)30(35)34(22-25-14-8-5-9-15-25)31-32-29-23(2)11-10-16-28(29)38-31/h4-20H,3,21-22H2,1-2H3. The van der Waals surface area contributed by atoms with Gasteiger partial charge in [0.25, 0.3) is 5.91 Å². The molecule has 0 aliphatic carbocycles. The summed E-state index contributed by atoms with van der Waals surface area (Å²) in [6, 6.07) is 31.5. The lowest BCUT2D eigenvalue weighted by atomic mass is 10.1. The molecule has 0 aliphatic heterocycles. The maximum atomic E-state index is 13.8. The highest BCUT2D eigenvalue weighted by Gasteiger charge is 2.26. The molecule has 0 atom stereocenters. The smallest absolute Gasteiger partial charge is 0.260 e. The van der Waals surface area contributed by atoms with E-state index in [1.54, 1.807) is 17.0 Å². The van der Waals surface area contributed by atoms with Gasteiger partial charge in [0, 0.05) is 18.7 Å². The third kappa shape index (κ3) is 5.78. The zero-order valence-corrected chi connectivity index (χ0v) is 23.5. The number of carbonyl (C=O) groups excluding carboxylic acids is 1. The maximum absolute atomic E-state index is 13.8. The quantitative estimate of drug-likeness (QED) is 0.204. The molecule has 198 valence electrons. The SMILES string of the molecule is CCN(Cc1ccccc1)S(=O)(=O)c1ccc(C(=O)N(Cc2ccccc2)c2nc3c(C)cccc3s2)cc1. The average molecular weight is 556 g/mol. The van der Waals surface area contributed by atoms with Crippen molar-refractivity contribution in [2.24, 2.45) is 0 Å². The van der Waals surface area contributed by atoms with Gasteiger partial charge in [-0.3, -0.25) is 9.69 Å². The van der Waals surface area contributed by atoms with Crippen LogP contribution in [-0.4, -0.2) is 30.2 Å². The number of sulfonamides is 1. The van der Waals surface area contributed by atoms with E-state index in [1.165, 1.54) is 27.8 Å². The Bertz CT molecular complexity index is 1680. The fourth-order valence-corrected chi connectivity index (χ4v) is 6.89. The second-order valence-corrected chi connectivity index (χ2v) is 12.2. The Balaban J connectivity index is 1.45. The molecule has 0 bridgehead atoms. The molecule has 5 aromatic rings. The second kappa shape index (κ2) is 11.5. The number of anilines is 1. The first-order chi connectivity index (χ1) is 18.9. The van der Waals surface area contributed by atoms with Crippen molar-refractivity contribution in [3.63, 3.8) is 0 Å². The van der Waals surface area contributed by atoms with Gasteiger partial charge in [0.05, 0.1) is 21.7 Å². The molecule has 0 N–H and O–H groups in total. The van der Waals surface area contributed by atoms with Gasteiger partial charge >= 0.3 is 0 Å². The summed E-state index contributed by atoms with van der Waals surface area (Å²) in [5.41, 5.74) is 4.21. The molecule has 1 heterocycles. The number of fused-ring (bicyclic) bond motifs is 1. The van der Waals surface area contributed by atoms with Crippen LogP contribution in [0.5, 0.6) is 0 Å². The van der Waals surface area contributed by atoms with Gasteiger partial charge in [-0.05, 0) is 53.9 Å². The van der Waals surface area contributed by atoms with E-state index in [0.29, 0.717) is 23.8 Å². The summed E-state index contributed by atoms with van der Waals surface area (Å²) < 4.78 is 29.2. The molecular formula is C31H29N3O3S2. The average Bonchev–Trinajstić information content (AvgIpc) is 3.41. The number of hydrogen-bond acceptors (Lipinski definition) is 5. The first-order valence-electron chi connectivity index (χ1n) is 12.7. The Kier molecular flexibility index (Phi) is 7.88. The number of nitrogens with zero attached hydrogens (tertiary/aromatic N) is 3. The molecule has 1 aromatic heterocycles. The summed E-state index contributed by atoms with van der Waals surface area (Å²) in [4.78, 5) is 20.5. The van der Waals surface area contributed by atoms with E-state index < -0.39 is 10.0 Å². The van der Waals surface area contributed by atoms with Gasteiger partial charge in [-0.2, -0.15) is 4.31 Å². The summed E-state index contributed by atoms with van der Waals surface area (Å²) >= 11 is 1.47. The number of carbonyl (C=O) groups is 1. The molecule has 8 heteroatoms. The van der Waals surface area contributed by atoms with Gasteiger partial charge < -0.3 is 0 Å². The number of hydrogen-bond donors (Lipinski definition) is 0. The lowest BCUT2D eigenvalue weighted by Crippen LogP contribution is -2.31. The first kappa shape index (κ1) is 26.7. The minimum absolute atomic E-state index is 0.155. The number of aromatic nitrogens is 1. The third-order valence-corrected chi connectivity index (χ3v) is 9.54. The summed E-state index contributed by atoms with van der Waals surface area (Å²) in [7, 11) is -3.74. The van der Waals surface area contributed by atoms with Crippen LogP contribution in [0.15, 0.2) is 108 Å². The normalized spacial score (nSPS) is 11.7. The predicted molar refractivity (Wildman–Crippen MR) is 157 cm³/mol. The van der Waals surface area contributed by atoms with Crippen LogP contribution in [-0.2, 0) is 23.1 Å². The van der Waals surface area contributed by atoms with Crippen LogP contribution in [0.25, 0.3) is 10.2 Å². The van der Waals surface area contributed by atoms with E-state index in [4.69, 9.17) is 4.98 Å². The minimum atomic E-state index is -3.74. The Morgan fingerprint density at radius 3 is 2.00 bits per heavy atom. The highest BCUT2D eigenvalue weighted by Crippen LogP contribution is 2.32. The predicted octanol–water partition coefficient (Wildman–Crippen LogP) is 6.66. The molecule has 0 fully saturated rings. The molecule has 0 radical (unpaired) electrons. The van der Waals surface area contributed by atoms with Crippen LogP contribution in [0.4, 0.5) is 5.13 Å². The summed E-state index contributed by atoms with van der Waals surface area (Å²) in [5.74, 6) is -0.240. The molecule has 5 rings (SSSR count). The van der Waals surface area contributed by atoms with Gasteiger partial charge in [-0.15, -0.1) is 0 Å². The Morgan fingerprint density at radius 2 is 1.41 bits per heavy atom.